The molecule has 0 aliphatic rings. The van der Waals surface area contributed by atoms with E-state index in [0.717, 1.165) is 21.3 Å². The van der Waals surface area contributed by atoms with Crippen LogP contribution in [0, 0.1) is 6.92 Å². The van der Waals surface area contributed by atoms with E-state index < -0.39 is 0 Å². The van der Waals surface area contributed by atoms with Crippen molar-refractivity contribution in [3.05, 3.63) is 63.9 Å². The van der Waals surface area contributed by atoms with Crippen LogP contribution < -0.4 is 0 Å². The number of hydrogen-bond acceptors (Lipinski definition) is 1. The second-order valence-electron chi connectivity index (χ2n) is 5.70. The van der Waals surface area contributed by atoms with Gasteiger partial charge in [-0.2, -0.15) is 0 Å². The minimum absolute atomic E-state index is 0.140. The van der Waals surface area contributed by atoms with Gasteiger partial charge in [-0.25, -0.2) is 4.98 Å². The van der Waals surface area contributed by atoms with Gasteiger partial charge in [0.15, 0.2) is 0 Å². The van der Waals surface area contributed by atoms with Crippen LogP contribution in [0.4, 0.5) is 0 Å². The zero-order valence-corrected chi connectivity index (χ0v) is 13.5. The summed E-state index contributed by atoms with van der Waals surface area (Å²) in [6, 6.07) is 14.7. The van der Waals surface area contributed by atoms with Crippen molar-refractivity contribution < 1.29 is 0 Å². The van der Waals surface area contributed by atoms with Crippen LogP contribution in [0.5, 0.6) is 0 Å². The van der Waals surface area contributed by atoms with Gasteiger partial charge in [-0.15, -0.1) is 0 Å². The van der Waals surface area contributed by atoms with Gasteiger partial charge in [-0.05, 0) is 44.0 Å². The van der Waals surface area contributed by atoms with Gasteiger partial charge in [-0.3, -0.25) is 0 Å². The molecule has 0 unspecified atom stereocenters. The van der Waals surface area contributed by atoms with Gasteiger partial charge in [0.25, 0.3) is 0 Å². The first kappa shape index (κ1) is 13.4. The minimum Gasteiger partial charge on any atom is -0.341 e. The molecular formula is C17H17BrN2. The Balaban J connectivity index is 2.17. The molecule has 3 aromatic rings. The average molecular weight is 329 g/mol. The number of H-pyrrole nitrogens is 1. The van der Waals surface area contributed by atoms with Crippen LogP contribution >= 0.6 is 15.9 Å². The van der Waals surface area contributed by atoms with Gasteiger partial charge in [0.05, 0.1) is 11.0 Å². The van der Waals surface area contributed by atoms with Gasteiger partial charge in [0, 0.05) is 9.89 Å². The molecule has 3 rings (SSSR count). The Morgan fingerprint density at radius 3 is 2.50 bits per heavy atom. The highest BCUT2D eigenvalue weighted by molar-refractivity contribution is 9.10. The smallest absolute Gasteiger partial charge is 0.117 e. The molecule has 0 fully saturated rings. The summed E-state index contributed by atoms with van der Waals surface area (Å²) in [6.07, 6.45) is 0. The fourth-order valence-corrected chi connectivity index (χ4v) is 3.11. The summed E-state index contributed by atoms with van der Waals surface area (Å²) in [7, 11) is 0. The lowest BCUT2D eigenvalue weighted by Crippen LogP contribution is -2.20. The molecule has 0 aliphatic carbocycles. The van der Waals surface area contributed by atoms with Crippen LogP contribution in [-0.2, 0) is 5.41 Å². The van der Waals surface area contributed by atoms with Crippen molar-refractivity contribution in [2.24, 2.45) is 0 Å². The number of aromatic nitrogens is 2. The van der Waals surface area contributed by atoms with Gasteiger partial charge < -0.3 is 4.98 Å². The molecule has 3 heteroatoms. The number of aryl methyl sites for hydroxylation is 1. The zero-order valence-electron chi connectivity index (χ0n) is 11.9. The van der Waals surface area contributed by atoms with Crippen LogP contribution in [0.1, 0.15) is 30.8 Å². The first-order valence-electron chi connectivity index (χ1n) is 6.70. The van der Waals surface area contributed by atoms with Gasteiger partial charge in [0.1, 0.15) is 5.82 Å². The summed E-state index contributed by atoms with van der Waals surface area (Å²) in [6.45, 7) is 6.49. The van der Waals surface area contributed by atoms with E-state index in [2.05, 4.69) is 78.1 Å². The third-order valence-corrected chi connectivity index (χ3v) is 4.29. The summed E-state index contributed by atoms with van der Waals surface area (Å²) < 4.78 is 1.08. The molecule has 0 spiro atoms. The normalized spacial score (nSPS) is 12.0. The summed E-state index contributed by atoms with van der Waals surface area (Å²) in [4.78, 5) is 8.30. The third-order valence-electron chi connectivity index (χ3n) is 3.83. The molecular weight excluding hydrogens is 312 g/mol. The predicted octanol–water partition coefficient (Wildman–Crippen LogP) is 4.96. The molecule has 1 heterocycles. The van der Waals surface area contributed by atoms with Crippen LogP contribution in [0.15, 0.2) is 46.9 Å². The Hall–Kier alpha value is -1.61. The lowest BCUT2D eigenvalue weighted by Gasteiger charge is -2.22. The van der Waals surface area contributed by atoms with Crippen LogP contribution in [0.3, 0.4) is 0 Å². The number of nitrogens with zero attached hydrogens (tertiary/aromatic N) is 1. The number of hydrogen-bond donors (Lipinski definition) is 1. The second-order valence-corrected chi connectivity index (χ2v) is 6.61. The minimum atomic E-state index is -0.140. The fraction of sp³-hybridized carbons (Fsp3) is 0.235. The van der Waals surface area contributed by atoms with E-state index in [1.54, 1.807) is 0 Å². The van der Waals surface area contributed by atoms with E-state index in [4.69, 9.17) is 4.98 Å². The quantitative estimate of drug-likeness (QED) is 0.707. The Labute approximate surface area is 127 Å². The van der Waals surface area contributed by atoms with Crippen molar-refractivity contribution in [2.75, 3.05) is 0 Å². The van der Waals surface area contributed by atoms with Gasteiger partial charge in [0.2, 0.25) is 0 Å². The highest BCUT2D eigenvalue weighted by Gasteiger charge is 2.26. The average Bonchev–Trinajstić information content (AvgIpc) is 2.84. The number of benzene rings is 2. The van der Waals surface area contributed by atoms with Crippen molar-refractivity contribution in [3.8, 4) is 0 Å². The molecule has 1 N–H and O–H groups in total. The van der Waals surface area contributed by atoms with E-state index in [1.165, 1.54) is 11.1 Å². The number of imidazole rings is 1. The SMILES string of the molecule is Cc1cc(Br)cc2[nH]c(C(C)(C)c3ccccc3)nc12. The molecule has 0 saturated carbocycles. The first-order valence-corrected chi connectivity index (χ1v) is 7.49. The summed E-state index contributed by atoms with van der Waals surface area (Å²) in [5, 5.41) is 0. The van der Waals surface area contributed by atoms with E-state index in [9.17, 15) is 0 Å². The van der Waals surface area contributed by atoms with Gasteiger partial charge in [-0.1, -0.05) is 46.3 Å². The molecule has 2 nitrogen and oxygen atoms in total. The number of nitrogens with one attached hydrogen (secondary N) is 1. The Morgan fingerprint density at radius 1 is 1.10 bits per heavy atom. The summed E-state index contributed by atoms with van der Waals surface area (Å²) in [5.74, 6) is 1.000. The molecule has 0 amide bonds. The molecule has 0 saturated heterocycles. The molecule has 102 valence electrons. The van der Waals surface area contributed by atoms with E-state index >= 15 is 0 Å². The lowest BCUT2D eigenvalue weighted by atomic mass is 9.84. The topological polar surface area (TPSA) is 28.7 Å². The van der Waals surface area contributed by atoms with E-state index in [1.807, 2.05) is 6.07 Å². The van der Waals surface area contributed by atoms with E-state index in [0.29, 0.717) is 0 Å². The summed E-state index contributed by atoms with van der Waals surface area (Å²) in [5.41, 5.74) is 4.43. The standard InChI is InChI=1S/C17H17BrN2/c1-11-9-13(18)10-14-15(11)20-16(19-14)17(2,3)12-7-5-4-6-8-12/h4-10H,1-3H3,(H,19,20). The maximum absolute atomic E-state index is 4.83. The molecule has 0 radical (unpaired) electrons. The summed E-state index contributed by atoms with van der Waals surface area (Å²) >= 11 is 3.54. The Kier molecular flexibility index (Phi) is 3.17. The maximum atomic E-state index is 4.83. The number of rotatable bonds is 2. The molecule has 0 bridgehead atoms. The highest BCUT2D eigenvalue weighted by Crippen LogP contribution is 2.32. The van der Waals surface area contributed by atoms with Crippen molar-refractivity contribution in [1.29, 1.82) is 0 Å². The molecule has 20 heavy (non-hydrogen) atoms. The number of fused-ring (bicyclic) bond motifs is 1. The molecule has 1 aromatic heterocycles. The van der Waals surface area contributed by atoms with Gasteiger partial charge >= 0.3 is 0 Å². The lowest BCUT2D eigenvalue weighted by molar-refractivity contribution is 0.601. The first-order chi connectivity index (χ1) is 9.48. The van der Waals surface area contributed by atoms with Crippen molar-refractivity contribution in [2.45, 2.75) is 26.2 Å². The van der Waals surface area contributed by atoms with Crippen LogP contribution in [0.2, 0.25) is 0 Å². The van der Waals surface area contributed by atoms with Crippen LogP contribution in [-0.4, -0.2) is 9.97 Å². The predicted molar refractivity (Wildman–Crippen MR) is 87.1 cm³/mol. The number of aromatic amines is 1. The third kappa shape index (κ3) is 2.16. The molecule has 2 aromatic carbocycles. The largest absolute Gasteiger partial charge is 0.341 e. The highest BCUT2D eigenvalue weighted by atomic mass is 79.9. The van der Waals surface area contributed by atoms with E-state index in [-0.39, 0.29) is 5.41 Å². The monoisotopic (exact) mass is 328 g/mol. The van der Waals surface area contributed by atoms with Crippen molar-refractivity contribution in [1.82, 2.24) is 9.97 Å². The van der Waals surface area contributed by atoms with Crippen molar-refractivity contribution in [3.63, 3.8) is 0 Å². The molecule has 0 atom stereocenters. The maximum Gasteiger partial charge on any atom is 0.117 e. The zero-order chi connectivity index (χ0) is 14.3. The van der Waals surface area contributed by atoms with Crippen LogP contribution in [0.25, 0.3) is 11.0 Å². The fourth-order valence-electron chi connectivity index (χ4n) is 2.53. The Bertz CT molecular complexity index is 757. The molecule has 0 aliphatic heterocycles. The Morgan fingerprint density at radius 2 is 1.80 bits per heavy atom. The second kappa shape index (κ2) is 4.74. The number of halogens is 1. The van der Waals surface area contributed by atoms with Crippen molar-refractivity contribution >= 4 is 27.0 Å².